The number of hydrogen-bond donors (Lipinski definition) is 1. The monoisotopic (exact) mass is 296 g/mol. The molecule has 0 atom stereocenters. The molecule has 0 fully saturated rings. The highest BCUT2D eigenvalue weighted by atomic mass is 32.2. The van der Waals surface area contributed by atoms with E-state index in [-0.39, 0.29) is 18.0 Å². The molecule has 2 aromatic rings. The molecule has 0 aliphatic rings. The van der Waals surface area contributed by atoms with Crippen molar-refractivity contribution in [3.63, 3.8) is 0 Å². The van der Waals surface area contributed by atoms with Crippen LogP contribution < -0.4 is 0 Å². The first kappa shape index (κ1) is 13.5. The molecule has 2 rings (SSSR count). The normalized spacial score (nSPS) is 10.2. The molecule has 19 heavy (non-hydrogen) atoms. The van der Waals surface area contributed by atoms with Crippen LogP contribution in [0.3, 0.4) is 0 Å². The number of benzene rings is 1. The molecule has 0 aliphatic heterocycles. The SMILES string of the molecule is O=C(OCc1ccc([N+](=O)[O-])cc1)c1ncsc1S. The first-order chi connectivity index (χ1) is 9.08. The number of esters is 1. The lowest BCUT2D eigenvalue weighted by Gasteiger charge is -2.03. The number of rotatable bonds is 4. The third-order valence-electron chi connectivity index (χ3n) is 2.26. The highest BCUT2D eigenvalue weighted by molar-refractivity contribution is 7.82. The predicted octanol–water partition coefficient (Wildman–Crippen LogP) is 2.70. The molecule has 0 spiro atoms. The Kier molecular flexibility index (Phi) is 4.13. The van der Waals surface area contributed by atoms with Gasteiger partial charge in [-0.2, -0.15) is 0 Å². The number of carbonyl (C=O) groups excluding carboxylic acids is 1. The van der Waals surface area contributed by atoms with Gasteiger partial charge in [0.05, 0.1) is 14.6 Å². The number of hydrogen-bond acceptors (Lipinski definition) is 7. The van der Waals surface area contributed by atoms with Crippen molar-refractivity contribution in [2.45, 2.75) is 10.8 Å². The molecule has 1 aromatic carbocycles. The van der Waals surface area contributed by atoms with Gasteiger partial charge in [0.1, 0.15) is 6.61 Å². The zero-order chi connectivity index (χ0) is 13.8. The van der Waals surface area contributed by atoms with E-state index in [1.54, 1.807) is 0 Å². The molecule has 0 aliphatic carbocycles. The Balaban J connectivity index is 1.97. The summed E-state index contributed by atoms with van der Waals surface area (Å²) in [4.78, 5) is 25.5. The Morgan fingerprint density at radius 3 is 2.63 bits per heavy atom. The zero-order valence-electron chi connectivity index (χ0n) is 9.48. The van der Waals surface area contributed by atoms with Crippen molar-refractivity contribution in [3.8, 4) is 0 Å². The molecular weight excluding hydrogens is 288 g/mol. The van der Waals surface area contributed by atoms with Gasteiger partial charge in [-0.25, -0.2) is 9.78 Å². The molecule has 0 saturated carbocycles. The van der Waals surface area contributed by atoms with Gasteiger partial charge in [0.15, 0.2) is 5.69 Å². The van der Waals surface area contributed by atoms with E-state index in [0.29, 0.717) is 9.77 Å². The topological polar surface area (TPSA) is 82.3 Å². The van der Waals surface area contributed by atoms with Crippen molar-refractivity contribution < 1.29 is 14.5 Å². The number of nitro benzene ring substituents is 1. The van der Waals surface area contributed by atoms with E-state index in [1.807, 2.05) is 0 Å². The smallest absolute Gasteiger partial charge is 0.359 e. The average molecular weight is 296 g/mol. The Hall–Kier alpha value is -1.93. The summed E-state index contributed by atoms with van der Waals surface area (Å²) in [7, 11) is 0. The van der Waals surface area contributed by atoms with Crippen molar-refractivity contribution in [1.29, 1.82) is 0 Å². The van der Waals surface area contributed by atoms with E-state index in [1.165, 1.54) is 41.1 Å². The number of thiazole rings is 1. The van der Waals surface area contributed by atoms with E-state index in [0.717, 1.165) is 0 Å². The Labute approximate surface area is 117 Å². The third kappa shape index (κ3) is 3.30. The Bertz CT molecular complexity index is 609. The van der Waals surface area contributed by atoms with Crippen LogP contribution in [0, 0.1) is 10.1 Å². The molecule has 0 saturated heterocycles. The lowest BCUT2D eigenvalue weighted by Crippen LogP contribution is -2.06. The van der Waals surface area contributed by atoms with E-state index >= 15 is 0 Å². The van der Waals surface area contributed by atoms with Crippen LogP contribution in [-0.4, -0.2) is 15.9 Å². The van der Waals surface area contributed by atoms with Crippen molar-refractivity contribution in [3.05, 3.63) is 51.1 Å². The van der Waals surface area contributed by atoms with E-state index < -0.39 is 10.9 Å². The molecule has 0 bridgehead atoms. The largest absolute Gasteiger partial charge is 0.456 e. The fourth-order valence-electron chi connectivity index (χ4n) is 1.31. The second-order valence-electron chi connectivity index (χ2n) is 3.51. The Morgan fingerprint density at radius 2 is 2.11 bits per heavy atom. The minimum atomic E-state index is -0.565. The first-order valence-electron chi connectivity index (χ1n) is 5.11. The summed E-state index contributed by atoms with van der Waals surface area (Å²) < 4.78 is 5.53. The van der Waals surface area contributed by atoms with Gasteiger partial charge in [0.2, 0.25) is 0 Å². The van der Waals surface area contributed by atoms with Crippen LogP contribution >= 0.6 is 24.0 Å². The van der Waals surface area contributed by atoms with E-state index in [9.17, 15) is 14.9 Å². The van der Waals surface area contributed by atoms with Gasteiger partial charge in [0, 0.05) is 12.1 Å². The molecule has 98 valence electrons. The molecule has 0 amide bonds. The van der Waals surface area contributed by atoms with Crippen LogP contribution in [0.5, 0.6) is 0 Å². The molecular formula is C11H8N2O4S2. The summed E-state index contributed by atoms with van der Waals surface area (Å²) >= 11 is 5.32. The summed E-state index contributed by atoms with van der Waals surface area (Å²) in [5, 5.41) is 10.5. The van der Waals surface area contributed by atoms with Gasteiger partial charge in [-0.05, 0) is 17.7 Å². The fourth-order valence-corrected chi connectivity index (χ4v) is 2.11. The van der Waals surface area contributed by atoms with Gasteiger partial charge in [-0.3, -0.25) is 10.1 Å². The van der Waals surface area contributed by atoms with Crippen LogP contribution in [0.2, 0.25) is 0 Å². The average Bonchev–Trinajstić information content (AvgIpc) is 2.83. The Morgan fingerprint density at radius 1 is 1.42 bits per heavy atom. The van der Waals surface area contributed by atoms with Gasteiger partial charge >= 0.3 is 5.97 Å². The molecule has 1 aromatic heterocycles. The number of ether oxygens (including phenoxy) is 1. The summed E-state index contributed by atoms with van der Waals surface area (Å²) in [6.45, 7) is 0.0293. The lowest BCUT2D eigenvalue weighted by molar-refractivity contribution is -0.384. The minimum Gasteiger partial charge on any atom is -0.456 e. The predicted molar refractivity (Wildman–Crippen MR) is 71.6 cm³/mol. The van der Waals surface area contributed by atoms with Crippen LogP contribution in [-0.2, 0) is 11.3 Å². The zero-order valence-corrected chi connectivity index (χ0v) is 11.2. The summed E-state index contributed by atoms with van der Waals surface area (Å²) in [5.74, 6) is -0.565. The quantitative estimate of drug-likeness (QED) is 0.406. The van der Waals surface area contributed by atoms with Gasteiger partial charge in [0.25, 0.3) is 5.69 Å². The minimum absolute atomic E-state index is 0.00720. The van der Waals surface area contributed by atoms with E-state index in [4.69, 9.17) is 4.74 Å². The highest BCUT2D eigenvalue weighted by Gasteiger charge is 2.14. The molecule has 0 radical (unpaired) electrons. The fraction of sp³-hybridized carbons (Fsp3) is 0.0909. The van der Waals surface area contributed by atoms with Crippen LogP contribution in [0.1, 0.15) is 16.1 Å². The molecule has 0 N–H and O–H groups in total. The maximum atomic E-state index is 11.6. The van der Waals surface area contributed by atoms with Crippen molar-refractivity contribution in [2.75, 3.05) is 0 Å². The molecule has 0 unspecified atom stereocenters. The van der Waals surface area contributed by atoms with Crippen LogP contribution in [0.25, 0.3) is 0 Å². The van der Waals surface area contributed by atoms with Crippen molar-refractivity contribution >= 4 is 35.6 Å². The second-order valence-corrected chi connectivity index (χ2v) is 5.11. The van der Waals surface area contributed by atoms with Gasteiger partial charge < -0.3 is 4.74 Å². The maximum absolute atomic E-state index is 11.6. The summed E-state index contributed by atoms with van der Waals surface area (Å²) in [6, 6.07) is 5.79. The first-order valence-corrected chi connectivity index (χ1v) is 6.43. The summed E-state index contributed by atoms with van der Waals surface area (Å²) in [5.41, 5.74) is 2.34. The van der Waals surface area contributed by atoms with Crippen LogP contribution in [0.4, 0.5) is 5.69 Å². The maximum Gasteiger partial charge on any atom is 0.359 e. The lowest BCUT2D eigenvalue weighted by atomic mass is 10.2. The van der Waals surface area contributed by atoms with Gasteiger partial charge in [-0.15, -0.1) is 24.0 Å². The molecule has 8 heteroatoms. The highest BCUT2D eigenvalue weighted by Crippen LogP contribution is 2.19. The van der Waals surface area contributed by atoms with Crippen LogP contribution in [0.15, 0.2) is 34.0 Å². The van der Waals surface area contributed by atoms with Crippen molar-refractivity contribution in [2.24, 2.45) is 0 Å². The number of non-ortho nitro benzene ring substituents is 1. The number of thiol groups is 1. The van der Waals surface area contributed by atoms with E-state index in [2.05, 4.69) is 17.6 Å². The third-order valence-corrected chi connectivity index (χ3v) is 3.41. The van der Waals surface area contributed by atoms with Crippen molar-refractivity contribution in [1.82, 2.24) is 4.98 Å². The van der Waals surface area contributed by atoms with Gasteiger partial charge in [-0.1, -0.05) is 0 Å². The second kappa shape index (κ2) is 5.81. The number of nitrogens with zero attached hydrogens (tertiary/aromatic N) is 2. The molecule has 6 nitrogen and oxygen atoms in total. The summed E-state index contributed by atoms with van der Waals surface area (Å²) in [6.07, 6.45) is 0. The number of carbonyl (C=O) groups is 1. The standard InChI is InChI=1S/C11H8N2O4S2/c14-10(9-11(18)19-6-12-9)17-5-7-1-3-8(4-2-7)13(15)16/h1-4,6,18H,5H2. The number of nitro groups is 1. The molecule has 1 heterocycles. The number of aromatic nitrogens is 1.